The number of ether oxygens (including phenoxy) is 4. The van der Waals surface area contributed by atoms with Crippen LogP contribution in [0.15, 0.2) is 64.6 Å². The number of ketones is 1. The number of phenolic OH excluding ortho intramolecular Hbond substituents is 1. The number of hydrogen-bond donors (Lipinski definition) is 2. The van der Waals surface area contributed by atoms with Gasteiger partial charge in [-0.15, -0.1) is 0 Å². The number of benzene rings is 3. The highest BCUT2D eigenvalue weighted by atomic mass is 79.9. The van der Waals surface area contributed by atoms with Crippen LogP contribution in [0.2, 0.25) is 0 Å². The van der Waals surface area contributed by atoms with E-state index in [0.29, 0.717) is 45.1 Å². The predicted octanol–water partition coefficient (Wildman–Crippen LogP) is 4.92. The van der Waals surface area contributed by atoms with Crippen LogP contribution in [0, 0.1) is 0 Å². The maximum absolute atomic E-state index is 13.4. The normalized spacial score (nSPS) is 17.8. The second-order valence-electron chi connectivity index (χ2n) is 8.22. The van der Waals surface area contributed by atoms with E-state index in [0.717, 1.165) is 0 Å². The molecule has 9 nitrogen and oxygen atoms in total. The molecule has 10 heteroatoms. The number of aliphatic hydroxyl groups excluding tert-OH is 1. The third kappa shape index (κ3) is 4.23. The number of nitrogens with zero attached hydrogens (tertiary/aromatic N) is 1. The molecule has 2 N–H and O–H groups in total. The molecule has 1 saturated heterocycles. The molecule has 2 aliphatic heterocycles. The Morgan fingerprint density at radius 3 is 2.57 bits per heavy atom. The number of amides is 1. The van der Waals surface area contributed by atoms with Crippen LogP contribution < -0.4 is 23.8 Å². The number of rotatable bonds is 6. The molecule has 190 valence electrons. The summed E-state index contributed by atoms with van der Waals surface area (Å²) in [4.78, 5) is 28.1. The minimum atomic E-state index is -1.03. The van der Waals surface area contributed by atoms with Gasteiger partial charge in [0.1, 0.15) is 11.5 Å². The molecule has 0 aliphatic carbocycles. The first-order valence-electron chi connectivity index (χ1n) is 11.3. The average molecular weight is 568 g/mol. The molecule has 37 heavy (non-hydrogen) atoms. The zero-order valence-corrected chi connectivity index (χ0v) is 21.4. The van der Waals surface area contributed by atoms with Crippen molar-refractivity contribution in [3.8, 4) is 28.7 Å². The zero-order chi connectivity index (χ0) is 26.3. The van der Waals surface area contributed by atoms with Crippen molar-refractivity contribution in [2.75, 3.05) is 25.4 Å². The van der Waals surface area contributed by atoms with Crippen molar-refractivity contribution >= 4 is 39.1 Å². The first-order chi connectivity index (χ1) is 17.8. The van der Waals surface area contributed by atoms with Crippen LogP contribution in [-0.4, -0.2) is 42.4 Å². The second kappa shape index (κ2) is 9.70. The highest BCUT2D eigenvalue weighted by Gasteiger charge is 2.47. The van der Waals surface area contributed by atoms with E-state index < -0.39 is 17.7 Å². The maximum atomic E-state index is 13.4. The molecule has 1 amide bonds. The molecule has 1 unspecified atom stereocenters. The van der Waals surface area contributed by atoms with E-state index in [4.69, 9.17) is 18.9 Å². The second-order valence-corrected chi connectivity index (χ2v) is 9.07. The Morgan fingerprint density at radius 2 is 1.84 bits per heavy atom. The SMILES string of the molecule is CCOc1cc(C2/C(=C(\O)c3ccc(OC)c(Br)c3)C(=O)C(=O)N2c2ccc3c(c2)OCO3)ccc1O. The first-order valence-corrected chi connectivity index (χ1v) is 12.1. The summed E-state index contributed by atoms with van der Waals surface area (Å²) in [6.45, 7) is 2.11. The van der Waals surface area contributed by atoms with Crippen LogP contribution in [0.25, 0.3) is 5.76 Å². The van der Waals surface area contributed by atoms with Crippen LogP contribution >= 0.6 is 15.9 Å². The summed E-state index contributed by atoms with van der Waals surface area (Å²) in [5, 5.41) is 21.6. The lowest BCUT2D eigenvalue weighted by atomic mass is 9.94. The molecule has 0 bridgehead atoms. The number of hydrogen-bond acceptors (Lipinski definition) is 8. The van der Waals surface area contributed by atoms with Gasteiger partial charge in [-0.2, -0.15) is 0 Å². The molecule has 5 rings (SSSR count). The number of fused-ring (bicyclic) bond motifs is 1. The van der Waals surface area contributed by atoms with E-state index in [9.17, 15) is 19.8 Å². The van der Waals surface area contributed by atoms with Crippen LogP contribution in [0.5, 0.6) is 28.7 Å². The lowest BCUT2D eigenvalue weighted by Gasteiger charge is -2.26. The molecule has 3 aromatic rings. The summed E-state index contributed by atoms with van der Waals surface area (Å²) < 4.78 is 22.2. The van der Waals surface area contributed by atoms with Gasteiger partial charge < -0.3 is 29.2 Å². The molecule has 0 radical (unpaired) electrons. The average Bonchev–Trinajstić information content (AvgIpc) is 3.47. The van der Waals surface area contributed by atoms with Gasteiger partial charge in [0.05, 0.1) is 29.8 Å². The number of aromatic hydroxyl groups is 1. The third-order valence-electron chi connectivity index (χ3n) is 6.10. The minimum Gasteiger partial charge on any atom is -0.507 e. The Hall–Kier alpha value is -4.18. The Bertz CT molecular complexity index is 1450. The number of Topliss-reactive ketones (excluding diaryl/α,β-unsaturated/α-hetero) is 1. The van der Waals surface area contributed by atoms with Gasteiger partial charge in [0, 0.05) is 17.3 Å². The van der Waals surface area contributed by atoms with Crippen molar-refractivity contribution in [2.24, 2.45) is 0 Å². The number of aliphatic hydroxyl groups is 1. The summed E-state index contributed by atoms with van der Waals surface area (Å²) in [5.74, 6) is -0.480. The summed E-state index contributed by atoms with van der Waals surface area (Å²) in [7, 11) is 1.51. The van der Waals surface area contributed by atoms with Crippen molar-refractivity contribution < 1.29 is 38.7 Å². The monoisotopic (exact) mass is 567 g/mol. The fraction of sp³-hybridized carbons (Fsp3) is 0.185. The van der Waals surface area contributed by atoms with Gasteiger partial charge in [-0.1, -0.05) is 6.07 Å². The fourth-order valence-electron chi connectivity index (χ4n) is 4.39. The first kappa shape index (κ1) is 24.5. The minimum absolute atomic E-state index is 0.0447. The number of halogens is 1. The third-order valence-corrected chi connectivity index (χ3v) is 6.72. The molecular formula is C27H22BrNO8. The van der Waals surface area contributed by atoms with Crippen molar-refractivity contribution in [2.45, 2.75) is 13.0 Å². The standard InChI is InChI=1S/C27H22BrNO8/c1-3-35-21-11-14(4-7-18(21)30)24-23(25(31)15-5-8-19(34-2)17(28)10-15)26(32)27(33)29(24)16-6-9-20-22(12-16)37-13-36-20/h4-12,24,30-31H,3,13H2,1-2H3/b25-23+. The highest BCUT2D eigenvalue weighted by Crippen LogP contribution is 2.46. The summed E-state index contributed by atoms with van der Waals surface area (Å²) in [6, 6.07) is 13.2. The lowest BCUT2D eigenvalue weighted by Crippen LogP contribution is -2.29. The number of methoxy groups -OCH3 is 1. The van der Waals surface area contributed by atoms with Crippen LogP contribution in [0.4, 0.5) is 5.69 Å². The van der Waals surface area contributed by atoms with E-state index in [2.05, 4.69) is 15.9 Å². The van der Waals surface area contributed by atoms with Gasteiger partial charge in [0.2, 0.25) is 6.79 Å². The Morgan fingerprint density at radius 1 is 1.05 bits per heavy atom. The largest absolute Gasteiger partial charge is 0.507 e. The molecular weight excluding hydrogens is 546 g/mol. The van der Waals surface area contributed by atoms with Gasteiger partial charge in [-0.05, 0) is 70.9 Å². The van der Waals surface area contributed by atoms with Crippen molar-refractivity contribution in [1.29, 1.82) is 0 Å². The Labute approximate surface area is 220 Å². The van der Waals surface area contributed by atoms with E-state index in [1.165, 1.54) is 18.1 Å². The zero-order valence-electron chi connectivity index (χ0n) is 19.9. The molecule has 0 spiro atoms. The molecule has 0 aromatic heterocycles. The lowest BCUT2D eigenvalue weighted by molar-refractivity contribution is -0.132. The molecule has 3 aromatic carbocycles. The molecule has 2 heterocycles. The predicted molar refractivity (Wildman–Crippen MR) is 137 cm³/mol. The summed E-state index contributed by atoms with van der Waals surface area (Å²) in [6.07, 6.45) is 0. The van der Waals surface area contributed by atoms with Crippen molar-refractivity contribution in [3.05, 3.63) is 75.8 Å². The summed E-state index contributed by atoms with van der Waals surface area (Å²) in [5.41, 5.74) is 1.02. The quantitative estimate of drug-likeness (QED) is 0.245. The molecule has 0 saturated carbocycles. The molecule has 1 atom stereocenters. The van der Waals surface area contributed by atoms with Gasteiger partial charge in [-0.3, -0.25) is 14.5 Å². The van der Waals surface area contributed by atoms with Crippen LogP contribution in [0.3, 0.4) is 0 Å². The summed E-state index contributed by atoms with van der Waals surface area (Å²) >= 11 is 3.39. The fourth-order valence-corrected chi connectivity index (χ4v) is 4.93. The maximum Gasteiger partial charge on any atom is 0.300 e. The van der Waals surface area contributed by atoms with Crippen molar-refractivity contribution in [3.63, 3.8) is 0 Å². The number of anilines is 1. The Balaban J connectivity index is 1.71. The van der Waals surface area contributed by atoms with Gasteiger partial charge in [0.15, 0.2) is 23.0 Å². The van der Waals surface area contributed by atoms with Gasteiger partial charge in [-0.25, -0.2) is 0 Å². The highest BCUT2D eigenvalue weighted by molar-refractivity contribution is 9.10. The number of phenols is 1. The van der Waals surface area contributed by atoms with E-state index in [-0.39, 0.29) is 29.6 Å². The van der Waals surface area contributed by atoms with Crippen molar-refractivity contribution in [1.82, 2.24) is 0 Å². The number of carbonyl (C=O) groups excluding carboxylic acids is 2. The van der Waals surface area contributed by atoms with E-state index >= 15 is 0 Å². The van der Waals surface area contributed by atoms with Crippen LogP contribution in [0.1, 0.15) is 24.1 Å². The van der Waals surface area contributed by atoms with Crippen LogP contribution in [-0.2, 0) is 9.59 Å². The van der Waals surface area contributed by atoms with Gasteiger partial charge >= 0.3 is 0 Å². The molecule has 1 fully saturated rings. The topological polar surface area (TPSA) is 115 Å². The smallest absolute Gasteiger partial charge is 0.300 e. The Kier molecular flexibility index (Phi) is 6.43. The van der Waals surface area contributed by atoms with Gasteiger partial charge in [0.25, 0.3) is 11.7 Å². The number of carbonyl (C=O) groups is 2. The molecule has 2 aliphatic rings. The van der Waals surface area contributed by atoms with E-state index in [1.54, 1.807) is 55.5 Å². The van der Waals surface area contributed by atoms with E-state index in [1.807, 2.05) is 0 Å².